The highest BCUT2D eigenvalue weighted by Crippen LogP contribution is 2.48. The Hall–Kier alpha value is -3.58. The predicted octanol–water partition coefficient (Wildman–Crippen LogP) is 6.38. The van der Waals surface area contributed by atoms with Gasteiger partial charge in [-0.2, -0.15) is 28.4 Å². The predicted molar refractivity (Wildman–Crippen MR) is 161 cm³/mol. The Labute approximate surface area is 268 Å². The molecule has 244 valence electrons. The van der Waals surface area contributed by atoms with Gasteiger partial charge in [0.25, 0.3) is 0 Å². The summed E-state index contributed by atoms with van der Waals surface area (Å²) in [6, 6.07) is 2.53. The molecule has 3 fully saturated rings. The van der Waals surface area contributed by atoms with Gasteiger partial charge in [-0.05, 0) is 37.1 Å². The molecular formula is C30H27ClF6N6O2S. The number of rotatable bonds is 8. The first-order valence-electron chi connectivity index (χ1n) is 14.4. The minimum Gasteiger partial charge on any atom is -0.469 e. The van der Waals surface area contributed by atoms with Crippen LogP contribution in [0.3, 0.4) is 0 Å². The van der Waals surface area contributed by atoms with Crippen molar-refractivity contribution in [1.82, 2.24) is 20.2 Å². The maximum Gasteiger partial charge on any atom is 0.419 e. The lowest BCUT2D eigenvalue weighted by atomic mass is 9.90. The third-order valence-corrected chi connectivity index (χ3v) is 9.69. The molecule has 3 N–H and O–H groups in total. The van der Waals surface area contributed by atoms with Crippen LogP contribution >= 0.6 is 22.9 Å². The normalized spacial score (nSPS) is 25.4. The molecular weight excluding hydrogens is 658 g/mol. The molecule has 1 aromatic carbocycles. The van der Waals surface area contributed by atoms with E-state index in [0.29, 0.717) is 13.0 Å². The molecule has 3 aromatic rings. The molecule has 4 atom stereocenters. The molecule has 3 aliphatic rings. The van der Waals surface area contributed by atoms with Crippen molar-refractivity contribution in [2.45, 2.75) is 49.4 Å². The number of benzene rings is 1. The van der Waals surface area contributed by atoms with Gasteiger partial charge >= 0.3 is 12.2 Å². The van der Waals surface area contributed by atoms with Gasteiger partial charge in [0.2, 0.25) is 5.88 Å². The lowest BCUT2D eigenvalue weighted by molar-refractivity contribution is -0.136. The fourth-order valence-corrected chi connectivity index (χ4v) is 7.60. The van der Waals surface area contributed by atoms with Crippen molar-refractivity contribution in [3.63, 3.8) is 0 Å². The summed E-state index contributed by atoms with van der Waals surface area (Å²) < 4.78 is 99.6. The van der Waals surface area contributed by atoms with Crippen LogP contribution in [0.15, 0.2) is 29.9 Å². The minimum atomic E-state index is -5.13. The van der Waals surface area contributed by atoms with Gasteiger partial charge < -0.3 is 20.5 Å². The van der Waals surface area contributed by atoms with E-state index < -0.39 is 63.7 Å². The number of hydrogen-bond donors (Lipinski definition) is 2. The van der Waals surface area contributed by atoms with Crippen molar-refractivity contribution < 1.29 is 35.8 Å². The average Bonchev–Trinajstić information content (AvgIpc) is 3.75. The van der Waals surface area contributed by atoms with E-state index in [1.807, 2.05) is 11.0 Å². The maximum absolute atomic E-state index is 15.2. The summed E-state index contributed by atoms with van der Waals surface area (Å²) in [4.78, 5) is 10.4. The number of anilines is 1. The molecule has 0 amide bonds. The van der Waals surface area contributed by atoms with E-state index >= 15 is 13.2 Å². The van der Waals surface area contributed by atoms with E-state index in [1.54, 1.807) is 0 Å². The monoisotopic (exact) mass is 684 g/mol. The first-order valence-corrected chi connectivity index (χ1v) is 15.6. The number of nitrogens with zero attached hydrogens (tertiary/aromatic N) is 4. The SMILES string of the molecule is N#Cc1c(/C(=C\C=C\F)c2c(Cl)cc3c(O[C@@H]4CNC[C@H]4F)nc(OC[C@@]45CCCN4C[C@H](F)C5)nc3c2C(F)(F)F)csc1N. The quantitative estimate of drug-likeness (QED) is 0.208. The lowest BCUT2D eigenvalue weighted by Gasteiger charge is -2.31. The van der Waals surface area contributed by atoms with E-state index in [4.69, 9.17) is 26.8 Å². The average molecular weight is 685 g/mol. The van der Waals surface area contributed by atoms with E-state index in [0.717, 1.165) is 36.0 Å². The van der Waals surface area contributed by atoms with E-state index in [9.17, 15) is 18.4 Å². The summed E-state index contributed by atoms with van der Waals surface area (Å²) in [7, 11) is 0. The van der Waals surface area contributed by atoms with Crippen molar-refractivity contribution in [3.8, 4) is 18.0 Å². The Morgan fingerprint density at radius 2 is 2.11 bits per heavy atom. The number of halogens is 7. The molecule has 5 heterocycles. The van der Waals surface area contributed by atoms with Gasteiger partial charge in [0, 0.05) is 47.6 Å². The number of nitrogens with one attached hydrogen (secondary N) is 1. The van der Waals surface area contributed by atoms with Crippen molar-refractivity contribution in [2.24, 2.45) is 0 Å². The van der Waals surface area contributed by atoms with Crippen LogP contribution in [0, 0.1) is 11.3 Å². The third kappa shape index (κ3) is 5.87. The molecule has 16 heteroatoms. The number of allylic oxidation sites excluding steroid dienone is 2. The fourth-order valence-electron chi connectivity index (χ4n) is 6.54. The van der Waals surface area contributed by atoms with Crippen LogP contribution in [-0.4, -0.2) is 71.6 Å². The molecule has 0 radical (unpaired) electrons. The van der Waals surface area contributed by atoms with Gasteiger partial charge in [0.15, 0.2) is 6.17 Å². The van der Waals surface area contributed by atoms with Gasteiger partial charge in [0.1, 0.15) is 30.0 Å². The molecule has 6 rings (SSSR count). The number of ether oxygens (including phenoxy) is 2. The molecule has 2 aromatic heterocycles. The molecule has 0 spiro atoms. The summed E-state index contributed by atoms with van der Waals surface area (Å²) in [5.74, 6) is -0.391. The minimum absolute atomic E-state index is 0.00316. The molecule has 0 bridgehead atoms. The second kappa shape index (κ2) is 12.6. The van der Waals surface area contributed by atoms with Crippen LogP contribution in [0.5, 0.6) is 11.9 Å². The molecule has 0 aliphatic carbocycles. The van der Waals surface area contributed by atoms with Gasteiger partial charge in [-0.1, -0.05) is 17.7 Å². The van der Waals surface area contributed by atoms with Crippen LogP contribution in [-0.2, 0) is 6.18 Å². The number of alkyl halides is 5. The summed E-state index contributed by atoms with van der Waals surface area (Å²) in [6.07, 6.45) is -5.14. The molecule has 3 saturated heterocycles. The van der Waals surface area contributed by atoms with Crippen molar-refractivity contribution in [3.05, 3.63) is 57.2 Å². The number of nitrogens with two attached hydrogens (primary N) is 1. The highest BCUT2D eigenvalue weighted by atomic mass is 35.5. The topological polar surface area (TPSA) is 109 Å². The summed E-state index contributed by atoms with van der Waals surface area (Å²) in [5, 5.41) is 13.2. The number of nitrogen functional groups attached to an aromatic ring is 1. The highest BCUT2D eigenvalue weighted by Gasteiger charge is 2.49. The van der Waals surface area contributed by atoms with E-state index in [-0.39, 0.29) is 66.1 Å². The fraction of sp³-hybridized carbons (Fsp3) is 0.433. The summed E-state index contributed by atoms with van der Waals surface area (Å²) in [5.41, 5.74) is 2.25. The van der Waals surface area contributed by atoms with Gasteiger partial charge in [-0.3, -0.25) is 4.90 Å². The Balaban J connectivity index is 1.56. The Morgan fingerprint density at radius 3 is 2.80 bits per heavy atom. The second-order valence-electron chi connectivity index (χ2n) is 11.4. The standard InChI is InChI=1S/C30H27ClF6N6O2S/c31-20-7-17-25(24(30(35,36)37)23(20)16(3-1-5-32)19-13-46-26(39)18(19)9-38)41-28(42-27(17)45-22-11-40-10-21(22)34)44-14-29-4-2-6-43(29)12-15(33)8-29/h1,3,5,7,13,15,21-22,40H,2,4,6,8,10-12,14,39H2/b5-1+,16-3+/t15-,21-,22-,29+/m1/s1. The first kappa shape index (κ1) is 32.4. The summed E-state index contributed by atoms with van der Waals surface area (Å²) >= 11 is 7.50. The van der Waals surface area contributed by atoms with Crippen LogP contribution in [0.1, 0.15) is 41.5 Å². The van der Waals surface area contributed by atoms with Gasteiger partial charge in [-0.25, -0.2) is 13.2 Å². The number of hydrogen-bond acceptors (Lipinski definition) is 9. The molecule has 0 saturated carbocycles. The smallest absolute Gasteiger partial charge is 0.419 e. The number of fused-ring (bicyclic) bond motifs is 2. The second-order valence-corrected chi connectivity index (χ2v) is 12.7. The van der Waals surface area contributed by atoms with Crippen LogP contribution in [0.2, 0.25) is 5.02 Å². The number of thiophene rings is 1. The molecule has 0 unspecified atom stereocenters. The van der Waals surface area contributed by atoms with E-state index in [1.165, 1.54) is 5.38 Å². The highest BCUT2D eigenvalue weighted by molar-refractivity contribution is 7.14. The zero-order valence-electron chi connectivity index (χ0n) is 24.0. The largest absolute Gasteiger partial charge is 0.469 e. The van der Waals surface area contributed by atoms with E-state index in [2.05, 4.69) is 15.3 Å². The Morgan fingerprint density at radius 1 is 1.30 bits per heavy atom. The van der Waals surface area contributed by atoms with Crippen LogP contribution in [0.4, 0.5) is 31.3 Å². The van der Waals surface area contributed by atoms with Crippen molar-refractivity contribution in [1.29, 1.82) is 5.26 Å². The third-order valence-electron chi connectivity index (χ3n) is 8.58. The lowest BCUT2D eigenvalue weighted by Crippen LogP contribution is -2.43. The van der Waals surface area contributed by atoms with Crippen molar-refractivity contribution in [2.75, 3.05) is 38.5 Å². The Bertz CT molecular complexity index is 1760. The number of aromatic nitrogens is 2. The van der Waals surface area contributed by atoms with Gasteiger partial charge in [0.05, 0.1) is 33.9 Å². The molecule has 46 heavy (non-hydrogen) atoms. The molecule has 3 aliphatic heterocycles. The van der Waals surface area contributed by atoms with Crippen LogP contribution < -0.4 is 20.5 Å². The number of nitriles is 1. The van der Waals surface area contributed by atoms with Crippen LogP contribution in [0.25, 0.3) is 16.5 Å². The first-order chi connectivity index (χ1) is 22.0. The zero-order valence-corrected chi connectivity index (χ0v) is 25.6. The Kier molecular flexibility index (Phi) is 8.83. The van der Waals surface area contributed by atoms with Gasteiger partial charge in [-0.15, -0.1) is 11.3 Å². The maximum atomic E-state index is 15.2. The van der Waals surface area contributed by atoms with Crippen molar-refractivity contribution >= 4 is 44.4 Å². The molecule has 8 nitrogen and oxygen atoms in total. The zero-order chi connectivity index (χ0) is 32.8. The summed E-state index contributed by atoms with van der Waals surface area (Å²) in [6.45, 7) is 0.825.